The maximum atomic E-state index is 14.0. The summed E-state index contributed by atoms with van der Waals surface area (Å²) >= 11 is 1.26. The van der Waals surface area contributed by atoms with E-state index in [0.29, 0.717) is 27.3 Å². The third-order valence-corrected chi connectivity index (χ3v) is 5.34. The van der Waals surface area contributed by atoms with Crippen molar-refractivity contribution in [2.24, 2.45) is 0 Å². The Bertz CT molecular complexity index is 996. The number of halogens is 1. The first-order valence-corrected chi connectivity index (χ1v) is 9.10. The SMILES string of the molecule is Cc1c(C(=O)Nc2ccc(OCC(=O)N(C)C)cc2)sc2cccc(F)c12. The van der Waals surface area contributed by atoms with Crippen molar-refractivity contribution in [2.75, 3.05) is 26.0 Å². The molecule has 0 unspecified atom stereocenters. The molecule has 1 aromatic heterocycles. The summed E-state index contributed by atoms with van der Waals surface area (Å²) in [5, 5.41) is 3.30. The highest BCUT2D eigenvalue weighted by molar-refractivity contribution is 7.21. The maximum absolute atomic E-state index is 14.0. The van der Waals surface area contributed by atoms with Crippen molar-refractivity contribution in [3.05, 3.63) is 58.7 Å². The molecule has 5 nitrogen and oxygen atoms in total. The monoisotopic (exact) mass is 386 g/mol. The van der Waals surface area contributed by atoms with Crippen LogP contribution in [0.4, 0.5) is 10.1 Å². The molecule has 3 aromatic rings. The second kappa shape index (κ2) is 7.75. The average molecular weight is 386 g/mol. The van der Waals surface area contributed by atoms with Gasteiger partial charge in [-0.1, -0.05) is 6.07 Å². The van der Waals surface area contributed by atoms with Gasteiger partial charge >= 0.3 is 0 Å². The van der Waals surface area contributed by atoms with E-state index in [4.69, 9.17) is 4.74 Å². The molecule has 1 heterocycles. The molecule has 7 heteroatoms. The second-order valence-electron chi connectivity index (χ2n) is 6.22. The predicted octanol–water partition coefficient (Wildman–Crippen LogP) is 4.07. The summed E-state index contributed by atoms with van der Waals surface area (Å²) < 4.78 is 20.2. The Morgan fingerprint density at radius 3 is 2.48 bits per heavy atom. The van der Waals surface area contributed by atoms with E-state index in [2.05, 4.69) is 5.32 Å². The highest BCUT2D eigenvalue weighted by Gasteiger charge is 2.18. The number of hydrogen-bond donors (Lipinski definition) is 1. The lowest BCUT2D eigenvalue weighted by Crippen LogP contribution is -2.27. The molecular formula is C20H19FN2O3S. The van der Waals surface area contributed by atoms with E-state index in [9.17, 15) is 14.0 Å². The van der Waals surface area contributed by atoms with Crippen LogP contribution in [0, 0.1) is 12.7 Å². The zero-order valence-electron chi connectivity index (χ0n) is 15.2. The molecule has 2 aromatic carbocycles. The van der Waals surface area contributed by atoms with Crippen molar-refractivity contribution in [1.82, 2.24) is 4.90 Å². The van der Waals surface area contributed by atoms with Gasteiger partial charge in [-0.15, -0.1) is 11.3 Å². The number of rotatable bonds is 5. The van der Waals surface area contributed by atoms with Gasteiger partial charge in [0.05, 0.1) is 4.88 Å². The molecule has 140 valence electrons. The zero-order valence-corrected chi connectivity index (χ0v) is 16.0. The summed E-state index contributed by atoms with van der Waals surface area (Å²) in [6.07, 6.45) is 0. The summed E-state index contributed by atoms with van der Waals surface area (Å²) in [7, 11) is 3.32. The zero-order chi connectivity index (χ0) is 19.6. The molecule has 0 spiro atoms. The van der Waals surface area contributed by atoms with Gasteiger partial charge < -0.3 is 15.0 Å². The Morgan fingerprint density at radius 1 is 1.15 bits per heavy atom. The summed E-state index contributed by atoms with van der Waals surface area (Å²) in [6.45, 7) is 1.70. The molecule has 1 N–H and O–H groups in total. The largest absolute Gasteiger partial charge is 0.484 e. The summed E-state index contributed by atoms with van der Waals surface area (Å²) in [5.74, 6) is -0.221. The van der Waals surface area contributed by atoms with Crippen molar-refractivity contribution in [3.63, 3.8) is 0 Å². The standard InChI is InChI=1S/C20H19FN2O3S/c1-12-18-15(21)5-4-6-16(18)27-19(12)20(25)22-13-7-9-14(10-8-13)26-11-17(24)23(2)3/h4-10H,11H2,1-3H3,(H,22,25). The lowest BCUT2D eigenvalue weighted by atomic mass is 10.1. The first kappa shape index (κ1) is 18.8. The molecule has 0 saturated carbocycles. The summed E-state index contributed by atoms with van der Waals surface area (Å²) in [6, 6.07) is 11.6. The number of nitrogens with one attached hydrogen (secondary N) is 1. The molecule has 0 aliphatic heterocycles. The molecule has 0 saturated heterocycles. The number of nitrogens with zero attached hydrogens (tertiary/aromatic N) is 1. The fourth-order valence-corrected chi connectivity index (χ4v) is 3.68. The van der Waals surface area contributed by atoms with Gasteiger partial charge in [0.25, 0.3) is 11.8 Å². The van der Waals surface area contributed by atoms with Gasteiger partial charge in [0.1, 0.15) is 11.6 Å². The first-order valence-electron chi connectivity index (χ1n) is 8.29. The van der Waals surface area contributed by atoms with E-state index < -0.39 is 0 Å². The molecule has 0 fully saturated rings. The Balaban J connectivity index is 1.70. The minimum atomic E-state index is -0.325. The van der Waals surface area contributed by atoms with Crippen molar-refractivity contribution in [2.45, 2.75) is 6.92 Å². The van der Waals surface area contributed by atoms with Crippen LogP contribution < -0.4 is 10.1 Å². The van der Waals surface area contributed by atoms with Crippen LogP contribution in [0.25, 0.3) is 10.1 Å². The van der Waals surface area contributed by atoms with E-state index in [1.165, 1.54) is 22.3 Å². The van der Waals surface area contributed by atoms with Crippen LogP contribution in [0.3, 0.4) is 0 Å². The number of carbonyl (C=O) groups is 2. The Morgan fingerprint density at radius 2 is 1.85 bits per heavy atom. The topological polar surface area (TPSA) is 58.6 Å². The normalized spacial score (nSPS) is 10.7. The number of amides is 2. The van der Waals surface area contributed by atoms with Crippen molar-refractivity contribution in [3.8, 4) is 5.75 Å². The van der Waals surface area contributed by atoms with Gasteiger partial charge in [-0.05, 0) is 48.9 Å². The fourth-order valence-electron chi connectivity index (χ4n) is 2.57. The minimum Gasteiger partial charge on any atom is -0.484 e. The van der Waals surface area contributed by atoms with Gasteiger partial charge in [-0.2, -0.15) is 0 Å². The highest BCUT2D eigenvalue weighted by atomic mass is 32.1. The third kappa shape index (κ3) is 4.09. The Labute approximate surface area is 160 Å². The van der Waals surface area contributed by atoms with Crippen LogP contribution in [0.1, 0.15) is 15.2 Å². The molecule has 3 rings (SSSR count). The van der Waals surface area contributed by atoms with Gasteiger partial charge in [0, 0.05) is 29.9 Å². The Kier molecular flexibility index (Phi) is 5.41. The number of anilines is 1. The number of aryl methyl sites for hydroxylation is 1. The molecule has 27 heavy (non-hydrogen) atoms. The first-order chi connectivity index (χ1) is 12.9. The van der Waals surface area contributed by atoms with Gasteiger partial charge in [0.2, 0.25) is 0 Å². The number of thiophene rings is 1. The van der Waals surface area contributed by atoms with Crippen LogP contribution in [-0.4, -0.2) is 37.4 Å². The van der Waals surface area contributed by atoms with Gasteiger partial charge in [-0.25, -0.2) is 4.39 Å². The molecule has 0 aliphatic rings. The quantitative estimate of drug-likeness (QED) is 0.719. The van der Waals surface area contributed by atoms with Crippen LogP contribution in [0.2, 0.25) is 0 Å². The summed E-state index contributed by atoms with van der Waals surface area (Å²) in [4.78, 5) is 26.0. The average Bonchev–Trinajstić information content (AvgIpc) is 2.99. The van der Waals surface area contributed by atoms with Crippen LogP contribution in [0.15, 0.2) is 42.5 Å². The number of benzene rings is 2. The third-order valence-electron chi connectivity index (χ3n) is 4.08. The predicted molar refractivity (Wildman–Crippen MR) is 105 cm³/mol. The Hall–Kier alpha value is -2.93. The van der Waals surface area contributed by atoms with E-state index in [1.807, 2.05) is 0 Å². The summed E-state index contributed by atoms with van der Waals surface area (Å²) in [5.41, 5.74) is 1.22. The molecule has 0 aliphatic carbocycles. The van der Waals surface area contributed by atoms with E-state index >= 15 is 0 Å². The fraction of sp³-hybridized carbons (Fsp3) is 0.200. The number of likely N-dealkylation sites (N-methyl/N-ethyl adjacent to an activating group) is 1. The molecule has 0 bridgehead atoms. The lowest BCUT2D eigenvalue weighted by molar-refractivity contribution is -0.130. The molecule has 0 atom stereocenters. The van der Waals surface area contributed by atoms with E-state index in [0.717, 1.165) is 4.70 Å². The lowest BCUT2D eigenvalue weighted by Gasteiger charge is -2.11. The van der Waals surface area contributed by atoms with Gasteiger partial charge in [0.15, 0.2) is 6.61 Å². The van der Waals surface area contributed by atoms with Crippen LogP contribution in [0.5, 0.6) is 5.75 Å². The van der Waals surface area contributed by atoms with E-state index in [1.54, 1.807) is 57.4 Å². The highest BCUT2D eigenvalue weighted by Crippen LogP contribution is 2.33. The minimum absolute atomic E-state index is 0.0503. The van der Waals surface area contributed by atoms with Crippen LogP contribution >= 0.6 is 11.3 Å². The number of fused-ring (bicyclic) bond motifs is 1. The number of ether oxygens (including phenoxy) is 1. The van der Waals surface area contributed by atoms with Crippen molar-refractivity contribution in [1.29, 1.82) is 0 Å². The maximum Gasteiger partial charge on any atom is 0.266 e. The van der Waals surface area contributed by atoms with Crippen molar-refractivity contribution < 1.29 is 18.7 Å². The second-order valence-corrected chi connectivity index (χ2v) is 7.28. The smallest absolute Gasteiger partial charge is 0.266 e. The molecular weight excluding hydrogens is 367 g/mol. The number of hydrogen-bond acceptors (Lipinski definition) is 4. The van der Waals surface area contributed by atoms with Crippen molar-refractivity contribution >= 4 is 38.9 Å². The van der Waals surface area contributed by atoms with Gasteiger partial charge in [-0.3, -0.25) is 9.59 Å². The molecule has 2 amide bonds. The van der Waals surface area contributed by atoms with Crippen LogP contribution in [-0.2, 0) is 4.79 Å². The van der Waals surface area contributed by atoms with E-state index in [-0.39, 0.29) is 24.2 Å². The molecule has 0 radical (unpaired) electrons. The number of carbonyl (C=O) groups excluding carboxylic acids is 2.